The van der Waals surface area contributed by atoms with Gasteiger partial charge in [0.25, 0.3) is 0 Å². The fourth-order valence-corrected chi connectivity index (χ4v) is 2.26. The van der Waals surface area contributed by atoms with Gasteiger partial charge in [0, 0.05) is 18.2 Å². The second kappa shape index (κ2) is 7.67. The fourth-order valence-electron chi connectivity index (χ4n) is 1.92. The summed E-state index contributed by atoms with van der Waals surface area (Å²) in [5.74, 6) is -0.114. The topological polar surface area (TPSA) is 94.4 Å². The second-order valence-electron chi connectivity index (χ2n) is 4.58. The molecule has 118 valence electrons. The molecule has 0 fully saturated rings. The maximum atomic E-state index is 12.5. The minimum Gasteiger partial charge on any atom is -0.447 e. The average molecular weight is 332 g/mol. The van der Waals surface area contributed by atoms with Gasteiger partial charge in [-0.1, -0.05) is 12.1 Å². The van der Waals surface area contributed by atoms with Crippen LogP contribution in [0.2, 0.25) is 0 Å². The van der Waals surface area contributed by atoms with E-state index in [4.69, 9.17) is 9.05 Å². The van der Waals surface area contributed by atoms with Gasteiger partial charge in [-0.3, -0.25) is 4.79 Å². The molecule has 0 aromatic heterocycles. The predicted molar refractivity (Wildman–Crippen MR) is 87.9 cm³/mol. The van der Waals surface area contributed by atoms with Gasteiger partial charge in [-0.25, -0.2) is 0 Å². The fraction of sp³-hybridized carbons (Fsp3) is 0.133. The number of carbonyl (C=O) groups is 1. The maximum Gasteiger partial charge on any atom is 0.215 e. The lowest BCUT2D eigenvalue weighted by molar-refractivity contribution is 0.103. The molecule has 0 radical (unpaired) electrons. The van der Waals surface area contributed by atoms with Crippen LogP contribution in [0.25, 0.3) is 0 Å². The van der Waals surface area contributed by atoms with Crippen LogP contribution in [0.4, 0.5) is 11.4 Å². The van der Waals surface area contributed by atoms with Gasteiger partial charge in [0.1, 0.15) is 5.69 Å². The van der Waals surface area contributed by atoms with Gasteiger partial charge in [-0.05, 0) is 47.1 Å². The van der Waals surface area contributed by atoms with Crippen molar-refractivity contribution in [3.05, 3.63) is 62.9 Å². The first kappa shape index (κ1) is 16.9. The van der Waals surface area contributed by atoms with Crippen LogP contribution in [0.1, 0.15) is 21.5 Å². The number of carbonyl (C=O) groups excluding carboxylic acids is 1. The molecule has 23 heavy (non-hydrogen) atoms. The van der Waals surface area contributed by atoms with E-state index in [9.17, 15) is 14.6 Å². The number of ketones is 1. The lowest BCUT2D eigenvalue weighted by atomic mass is 10.0. The van der Waals surface area contributed by atoms with Crippen molar-refractivity contribution in [2.75, 3.05) is 7.11 Å². The highest BCUT2D eigenvalue weighted by Crippen LogP contribution is 2.33. The number of hydrogen-bond acceptors (Lipinski definition) is 7. The molecule has 0 saturated heterocycles. The Labute approximate surface area is 133 Å². The van der Waals surface area contributed by atoms with Crippen LogP contribution in [-0.2, 0) is 4.52 Å². The van der Waals surface area contributed by atoms with E-state index in [0.29, 0.717) is 11.1 Å². The first-order valence-electron chi connectivity index (χ1n) is 6.51. The summed E-state index contributed by atoms with van der Waals surface area (Å²) < 4.78 is 10.00. The third-order valence-electron chi connectivity index (χ3n) is 3.12. The van der Waals surface area contributed by atoms with Crippen LogP contribution < -0.4 is 4.52 Å². The standard InChI is InChI=1S/C15H13N2O5P/c1-9-3-4-10(7-12(9)16-19)15(18)11-5-6-14(22-23-21-2)13(8-11)17-20/h3-8,23H,1-2H3. The van der Waals surface area contributed by atoms with E-state index in [1.165, 1.54) is 31.4 Å². The third-order valence-corrected chi connectivity index (χ3v) is 3.59. The summed E-state index contributed by atoms with van der Waals surface area (Å²) >= 11 is 0. The molecule has 0 spiro atoms. The Morgan fingerprint density at radius 1 is 1.00 bits per heavy atom. The monoisotopic (exact) mass is 332 g/mol. The smallest absolute Gasteiger partial charge is 0.215 e. The van der Waals surface area contributed by atoms with Crippen LogP contribution in [-0.4, -0.2) is 12.9 Å². The summed E-state index contributed by atoms with van der Waals surface area (Å²) in [5.41, 5.74) is 1.44. The van der Waals surface area contributed by atoms with Crippen LogP contribution in [0.3, 0.4) is 0 Å². The van der Waals surface area contributed by atoms with Crippen molar-refractivity contribution in [2.24, 2.45) is 10.4 Å². The first-order valence-corrected chi connectivity index (χ1v) is 7.33. The van der Waals surface area contributed by atoms with Gasteiger partial charge < -0.3 is 9.05 Å². The molecule has 2 aromatic carbocycles. The molecule has 0 amide bonds. The molecule has 0 heterocycles. The SMILES string of the molecule is COPOc1ccc(C(=O)c2ccc(C)c(N=O)c2)cc1N=O. The van der Waals surface area contributed by atoms with Crippen molar-refractivity contribution in [1.29, 1.82) is 0 Å². The van der Waals surface area contributed by atoms with Crippen molar-refractivity contribution in [2.45, 2.75) is 6.92 Å². The number of benzene rings is 2. The molecular weight excluding hydrogens is 319 g/mol. The van der Waals surface area contributed by atoms with E-state index in [0.717, 1.165) is 0 Å². The van der Waals surface area contributed by atoms with Crippen molar-refractivity contribution < 1.29 is 13.8 Å². The molecule has 0 aliphatic carbocycles. The zero-order chi connectivity index (χ0) is 16.8. The summed E-state index contributed by atoms with van der Waals surface area (Å²) in [6.45, 7) is 1.72. The normalized spacial score (nSPS) is 10.7. The highest BCUT2D eigenvalue weighted by molar-refractivity contribution is 7.26. The van der Waals surface area contributed by atoms with Crippen molar-refractivity contribution in [1.82, 2.24) is 0 Å². The maximum absolute atomic E-state index is 12.5. The Morgan fingerprint density at radius 2 is 1.61 bits per heavy atom. The van der Waals surface area contributed by atoms with E-state index in [-0.39, 0.29) is 37.5 Å². The quantitative estimate of drug-likeness (QED) is 0.421. The van der Waals surface area contributed by atoms with Gasteiger partial charge in [0.2, 0.25) is 9.03 Å². The average Bonchev–Trinajstić information content (AvgIpc) is 2.59. The summed E-state index contributed by atoms with van der Waals surface area (Å²) in [4.78, 5) is 34.1. The van der Waals surface area contributed by atoms with Crippen LogP contribution in [0.15, 0.2) is 46.8 Å². The van der Waals surface area contributed by atoms with Crippen molar-refractivity contribution in [3.63, 3.8) is 0 Å². The molecule has 7 nitrogen and oxygen atoms in total. The number of hydrogen-bond donors (Lipinski definition) is 0. The van der Waals surface area contributed by atoms with Crippen molar-refractivity contribution >= 4 is 26.2 Å². The van der Waals surface area contributed by atoms with Crippen LogP contribution in [0, 0.1) is 16.7 Å². The zero-order valence-corrected chi connectivity index (χ0v) is 13.4. The predicted octanol–water partition coefficient (Wildman–Crippen LogP) is 4.56. The van der Waals surface area contributed by atoms with E-state index in [2.05, 4.69) is 10.4 Å². The summed E-state index contributed by atoms with van der Waals surface area (Å²) in [6, 6.07) is 8.97. The Bertz CT molecular complexity index is 764. The molecule has 0 aliphatic rings. The minimum absolute atomic E-state index is 0.00116. The van der Waals surface area contributed by atoms with Gasteiger partial charge >= 0.3 is 0 Å². The third kappa shape index (κ3) is 3.83. The van der Waals surface area contributed by atoms with E-state index >= 15 is 0 Å². The molecule has 1 unspecified atom stereocenters. The van der Waals surface area contributed by atoms with Gasteiger partial charge in [0.15, 0.2) is 17.2 Å². The first-order chi connectivity index (χ1) is 11.1. The Hall–Kier alpha value is -2.50. The van der Waals surface area contributed by atoms with E-state index < -0.39 is 0 Å². The second-order valence-corrected chi connectivity index (χ2v) is 5.36. The molecule has 2 rings (SSSR count). The Morgan fingerprint density at radius 3 is 2.22 bits per heavy atom. The largest absolute Gasteiger partial charge is 0.447 e. The minimum atomic E-state index is -0.347. The van der Waals surface area contributed by atoms with Gasteiger partial charge in [-0.2, -0.15) is 0 Å². The molecule has 2 aromatic rings. The highest BCUT2D eigenvalue weighted by atomic mass is 31.1. The van der Waals surface area contributed by atoms with Crippen molar-refractivity contribution in [3.8, 4) is 5.75 Å². The Kier molecular flexibility index (Phi) is 5.62. The lowest BCUT2D eigenvalue weighted by Gasteiger charge is -2.08. The number of aryl methyl sites for hydroxylation is 1. The Balaban J connectivity index is 2.36. The van der Waals surface area contributed by atoms with E-state index in [1.54, 1.807) is 19.1 Å². The summed E-state index contributed by atoms with van der Waals surface area (Å²) in [5, 5.41) is 5.75. The van der Waals surface area contributed by atoms with E-state index in [1.807, 2.05) is 0 Å². The van der Waals surface area contributed by atoms with Gasteiger partial charge in [-0.15, -0.1) is 9.81 Å². The summed E-state index contributed by atoms with van der Waals surface area (Å²) in [7, 11) is 1.18. The van der Waals surface area contributed by atoms with Gasteiger partial charge in [0.05, 0.1) is 0 Å². The molecule has 0 bridgehead atoms. The molecule has 8 heteroatoms. The lowest BCUT2D eigenvalue weighted by Crippen LogP contribution is -2.01. The number of nitrogens with zero attached hydrogens (tertiary/aromatic N) is 2. The number of rotatable bonds is 7. The van der Waals surface area contributed by atoms with Crippen LogP contribution >= 0.6 is 9.03 Å². The molecule has 0 saturated carbocycles. The number of nitroso groups, excluding NO2 is 2. The molecule has 1 atom stereocenters. The molecular formula is C15H13N2O5P. The molecule has 0 N–H and O–H groups in total. The zero-order valence-electron chi connectivity index (χ0n) is 12.4. The highest BCUT2D eigenvalue weighted by Gasteiger charge is 2.14. The summed E-state index contributed by atoms with van der Waals surface area (Å²) in [6.07, 6.45) is 0. The van der Waals surface area contributed by atoms with Crippen LogP contribution in [0.5, 0.6) is 5.75 Å². The molecule has 0 aliphatic heterocycles.